The molecule has 0 aliphatic rings. The highest BCUT2D eigenvalue weighted by Gasteiger charge is 2.08. The number of thiazole rings is 1. The molecule has 1 aromatic carbocycles. The molecule has 1 unspecified atom stereocenters. The number of aromatic nitrogens is 1. The molecule has 1 nitrogen and oxygen atoms in total. The van der Waals surface area contributed by atoms with Gasteiger partial charge in [-0.3, -0.25) is 0 Å². The van der Waals surface area contributed by atoms with Crippen molar-refractivity contribution >= 4 is 37.5 Å². The van der Waals surface area contributed by atoms with Gasteiger partial charge in [0.1, 0.15) is 0 Å². The van der Waals surface area contributed by atoms with Crippen LogP contribution in [-0.2, 0) is 6.42 Å². The van der Waals surface area contributed by atoms with Gasteiger partial charge in [-0.2, -0.15) is 0 Å². The zero-order chi connectivity index (χ0) is 10.7. The summed E-state index contributed by atoms with van der Waals surface area (Å²) in [6.07, 6.45) is 3.49. The van der Waals surface area contributed by atoms with E-state index in [9.17, 15) is 0 Å². The number of nitrogens with zero attached hydrogens (tertiary/aromatic N) is 1. The SMILES string of the molecule is CCCC(Br)Cc1nc2ccccc2s1. The molecule has 3 heteroatoms. The van der Waals surface area contributed by atoms with Crippen LogP contribution in [0.2, 0.25) is 0 Å². The van der Waals surface area contributed by atoms with E-state index in [1.54, 1.807) is 0 Å². The number of fused-ring (bicyclic) bond motifs is 1. The first kappa shape index (κ1) is 11.1. The molecule has 2 aromatic rings. The number of hydrogen-bond donors (Lipinski definition) is 0. The van der Waals surface area contributed by atoms with Gasteiger partial charge in [-0.25, -0.2) is 4.98 Å². The predicted octanol–water partition coefficient (Wildman–Crippen LogP) is 4.40. The summed E-state index contributed by atoms with van der Waals surface area (Å²) >= 11 is 5.51. The second-order valence-corrected chi connectivity index (χ2v) is 6.08. The van der Waals surface area contributed by atoms with Gasteiger partial charge in [-0.1, -0.05) is 41.4 Å². The van der Waals surface area contributed by atoms with E-state index in [0.717, 1.165) is 11.9 Å². The lowest BCUT2D eigenvalue weighted by molar-refractivity contribution is 0.743. The van der Waals surface area contributed by atoms with Crippen LogP contribution in [0.4, 0.5) is 0 Å². The molecule has 0 amide bonds. The number of benzene rings is 1. The fraction of sp³-hybridized carbons (Fsp3) is 0.417. The number of para-hydroxylation sites is 1. The fourth-order valence-corrected chi connectivity index (χ4v) is 3.64. The zero-order valence-corrected chi connectivity index (χ0v) is 11.1. The third-order valence-corrected chi connectivity index (χ3v) is 4.18. The molecule has 0 bridgehead atoms. The maximum atomic E-state index is 4.62. The summed E-state index contributed by atoms with van der Waals surface area (Å²) < 4.78 is 1.30. The first-order valence-electron chi connectivity index (χ1n) is 5.28. The topological polar surface area (TPSA) is 12.9 Å². The maximum Gasteiger partial charge on any atom is 0.0949 e. The molecular formula is C12H14BrNS. The van der Waals surface area contributed by atoms with Crippen molar-refractivity contribution in [2.24, 2.45) is 0 Å². The minimum Gasteiger partial charge on any atom is -0.241 e. The molecule has 80 valence electrons. The molecule has 0 saturated heterocycles. The van der Waals surface area contributed by atoms with Gasteiger partial charge in [0.2, 0.25) is 0 Å². The Bertz CT molecular complexity index is 405. The first-order valence-corrected chi connectivity index (χ1v) is 7.01. The Morgan fingerprint density at radius 2 is 2.20 bits per heavy atom. The highest BCUT2D eigenvalue weighted by atomic mass is 79.9. The van der Waals surface area contributed by atoms with E-state index in [-0.39, 0.29) is 0 Å². The van der Waals surface area contributed by atoms with Gasteiger partial charge >= 0.3 is 0 Å². The highest BCUT2D eigenvalue weighted by Crippen LogP contribution is 2.24. The van der Waals surface area contributed by atoms with Gasteiger partial charge in [0.15, 0.2) is 0 Å². The lowest BCUT2D eigenvalue weighted by atomic mass is 10.2. The van der Waals surface area contributed by atoms with E-state index in [1.807, 2.05) is 17.4 Å². The minimum atomic E-state index is 0.572. The van der Waals surface area contributed by atoms with E-state index in [2.05, 4.69) is 46.0 Å². The number of halogens is 1. The highest BCUT2D eigenvalue weighted by molar-refractivity contribution is 9.09. The predicted molar refractivity (Wildman–Crippen MR) is 70.9 cm³/mol. The molecule has 0 aliphatic carbocycles. The average Bonchev–Trinajstić information content (AvgIpc) is 2.59. The molecule has 0 saturated carbocycles. The van der Waals surface area contributed by atoms with E-state index in [0.29, 0.717) is 4.83 Å². The standard InChI is InChI=1S/C12H14BrNS/c1-2-5-9(13)8-12-14-10-6-3-4-7-11(10)15-12/h3-4,6-7,9H,2,5,8H2,1H3. The zero-order valence-electron chi connectivity index (χ0n) is 8.74. The van der Waals surface area contributed by atoms with Gasteiger partial charge in [0.05, 0.1) is 15.2 Å². The lowest BCUT2D eigenvalue weighted by Crippen LogP contribution is -2.01. The maximum absolute atomic E-state index is 4.62. The summed E-state index contributed by atoms with van der Waals surface area (Å²) in [6.45, 7) is 2.21. The second kappa shape index (κ2) is 5.08. The van der Waals surface area contributed by atoms with Crippen molar-refractivity contribution in [1.29, 1.82) is 0 Å². The van der Waals surface area contributed by atoms with E-state index < -0.39 is 0 Å². The van der Waals surface area contributed by atoms with Crippen LogP contribution >= 0.6 is 27.3 Å². The Labute approximate surface area is 103 Å². The van der Waals surface area contributed by atoms with Crippen LogP contribution in [0.3, 0.4) is 0 Å². The van der Waals surface area contributed by atoms with Gasteiger partial charge < -0.3 is 0 Å². The van der Waals surface area contributed by atoms with E-state index in [1.165, 1.54) is 22.5 Å². The molecule has 0 spiro atoms. The van der Waals surface area contributed by atoms with Crippen LogP contribution in [0.1, 0.15) is 24.8 Å². The molecule has 1 atom stereocenters. The summed E-state index contributed by atoms with van der Waals surface area (Å²) in [5.41, 5.74) is 1.13. The van der Waals surface area contributed by atoms with Crippen molar-refractivity contribution in [2.45, 2.75) is 31.0 Å². The number of rotatable bonds is 4. The van der Waals surface area contributed by atoms with Crippen molar-refractivity contribution in [3.63, 3.8) is 0 Å². The summed E-state index contributed by atoms with van der Waals surface area (Å²) in [4.78, 5) is 5.20. The van der Waals surface area contributed by atoms with Gasteiger partial charge in [0, 0.05) is 11.2 Å². The minimum absolute atomic E-state index is 0.572. The number of alkyl halides is 1. The molecular weight excluding hydrogens is 270 g/mol. The third kappa shape index (κ3) is 2.79. The molecule has 0 N–H and O–H groups in total. The Morgan fingerprint density at radius 1 is 1.40 bits per heavy atom. The largest absolute Gasteiger partial charge is 0.241 e. The monoisotopic (exact) mass is 283 g/mol. The van der Waals surface area contributed by atoms with E-state index in [4.69, 9.17) is 0 Å². The normalized spacial score (nSPS) is 13.2. The van der Waals surface area contributed by atoms with Crippen LogP contribution in [0.25, 0.3) is 10.2 Å². The summed E-state index contributed by atoms with van der Waals surface area (Å²) in [6, 6.07) is 8.34. The Morgan fingerprint density at radius 3 is 2.93 bits per heavy atom. The molecule has 0 aliphatic heterocycles. The van der Waals surface area contributed by atoms with Crippen LogP contribution in [0.5, 0.6) is 0 Å². The third-order valence-electron chi connectivity index (χ3n) is 2.34. The van der Waals surface area contributed by atoms with Crippen molar-refractivity contribution < 1.29 is 0 Å². The molecule has 0 fully saturated rings. The molecule has 0 radical (unpaired) electrons. The van der Waals surface area contributed by atoms with Crippen LogP contribution in [0.15, 0.2) is 24.3 Å². The number of hydrogen-bond acceptors (Lipinski definition) is 2. The van der Waals surface area contributed by atoms with Gasteiger partial charge in [0.25, 0.3) is 0 Å². The van der Waals surface area contributed by atoms with E-state index >= 15 is 0 Å². The van der Waals surface area contributed by atoms with Gasteiger partial charge in [-0.15, -0.1) is 11.3 Å². The average molecular weight is 284 g/mol. The Balaban J connectivity index is 2.15. The smallest absolute Gasteiger partial charge is 0.0949 e. The summed E-state index contributed by atoms with van der Waals surface area (Å²) in [5.74, 6) is 0. The van der Waals surface area contributed by atoms with Crippen LogP contribution < -0.4 is 0 Å². The fourth-order valence-electron chi connectivity index (χ4n) is 1.61. The van der Waals surface area contributed by atoms with Crippen molar-refractivity contribution in [3.05, 3.63) is 29.3 Å². The van der Waals surface area contributed by atoms with Gasteiger partial charge in [-0.05, 0) is 18.6 Å². The van der Waals surface area contributed by atoms with Crippen molar-refractivity contribution in [3.8, 4) is 0 Å². The molecule has 15 heavy (non-hydrogen) atoms. The quantitative estimate of drug-likeness (QED) is 0.758. The van der Waals surface area contributed by atoms with Crippen LogP contribution in [-0.4, -0.2) is 9.81 Å². The molecule has 1 aromatic heterocycles. The Kier molecular flexibility index (Phi) is 3.76. The second-order valence-electron chi connectivity index (χ2n) is 3.67. The lowest BCUT2D eigenvalue weighted by Gasteiger charge is -2.04. The van der Waals surface area contributed by atoms with Crippen molar-refractivity contribution in [2.75, 3.05) is 0 Å². The van der Waals surface area contributed by atoms with Crippen molar-refractivity contribution in [1.82, 2.24) is 4.98 Å². The molecule has 2 rings (SSSR count). The van der Waals surface area contributed by atoms with Crippen LogP contribution in [0, 0.1) is 0 Å². The summed E-state index contributed by atoms with van der Waals surface area (Å²) in [7, 11) is 0. The Hall–Kier alpha value is -0.410. The molecule has 1 heterocycles. The summed E-state index contributed by atoms with van der Waals surface area (Å²) in [5, 5.41) is 1.24. The first-order chi connectivity index (χ1) is 7.29.